The van der Waals surface area contributed by atoms with Gasteiger partial charge in [-0.3, -0.25) is 4.57 Å². The largest absolute Gasteiger partial charge is 0.333 e. The van der Waals surface area contributed by atoms with Crippen LogP contribution in [0.4, 0.5) is 0 Å². The van der Waals surface area contributed by atoms with Gasteiger partial charge in [-0.05, 0) is 36.3 Å². The number of aryl methyl sites for hydroxylation is 1. The van der Waals surface area contributed by atoms with E-state index in [-0.39, 0.29) is 46.8 Å². The van der Waals surface area contributed by atoms with Gasteiger partial charge in [0.2, 0.25) is 0 Å². The van der Waals surface area contributed by atoms with Crippen molar-refractivity contribution in [3.05, 3.63) is 35.4 Å². The van der Waals surface area contributed by atoms with E-state index < -0.39 is 13.3 Å². The predicted molar refractivity (Wildman–Crippen MR) is 116 cm³/mol. The maximum Gasteiger partial charge on any atom is 0.333 e. The second-order valence-corrected chi connectivity index (χ2v) is 9.65. The molecule has 0 heterocycles. The first-order chi connectivity index (χ1) is 13.0. The number of hydrogen-bond acceptors (Lipinski definition) is 1. The summed E-state index contributed by atoms with van der Waals surface area (Å²) in [5, 5.41) is 0. The average molecular weight is 541 g/mol. The molecular weight excluding hydrogens is 499 g/mol. The molecule has 0 saturated heterocycles. The summed E-state index contributed by atoms with van der Waals surface area (Å²) in [6, 6.07) is 7.96. The molecule has 0 amide bonds. The molecule has 0 aromatic heterocycles. The van der Waals surface area contributed by atoms with Crippen molar-refractivity contribution in [2.24, 2.45) is 5.92 Å². The van der Waals surface area contributed by atoms with Gasteiger partial charge in [-0.1, -0.05) is 103 Å². The van der Waals surface area contributed by atoms with Crippen LogP contribution in [0.2, 0.25) is 0 Å². The Morgan fingerprint density at radius 2 is 1.43 bits per heavy atom. The quantitative estimate of drug-likeness (QED) is 0.180. The summed E-state index contributed by atoms with van der Waals surface area (Å²) in [6.07, 6.45) is 13.5. The molecule has 0 radical (unpaired) electrons. The van der Waals surface area contributed by atoms with E-state index in [2.05, 4.69) is 26.8 Å². The van der Waals surface area contributed by atoms with E-state index in [4.69, 9.17) is 0 Å². The van der Waals surface area contributed by atoms with Gasteiger partial charge in [-0.15, -0.1) is 0 Å². The number of unbranched alkanes of at least 4 members (excludes halogenated alkanes) is 7. The Morgan fingerprint density at radius 3 is 2.00 bits per heavy atom. The first kappa shape index (κ1) is 28.7. The minimum atomic E-state index is -4.20. The summed E-state index contributed by atoms with van der Waals surface area (Å²) in [4.78, 5) is 20.3. The van der Waals surface area contributed by atoms with Crippen LogP contribution in [0.15, 0.2) is 24.3 Å². The normalized spacial score (nSPS) is 13.8. The molecular formula is C23H41NdO3P. The van der Waals surface area contributed by atoms with Crippen LogP contribution >= 0.6 is 7.60 Å². The molecule has 0 spiro atoms. The predicted octanol–water partition coefficient (Wildman–Crippen LogP) is 7.41. The standard InChI is InChI=1S/C23H41O3P.Nd/c1-4-7-9-10-11-12-13-17-21-18-14-15-19-22(21)23(27(24,25)26)20(6-3)16-8-5-2;/h14-15,18-20,23H,4-13,16-17H2,1-3H3,(H2,24,25,26);. The van der Waals surface area contributed by atoms with Crippen molar-refractivity contribution in [3.8, 4) is 0 Å². The topological polar surface area (TPSA) is 57.5 Å². The molecule has 0 saturated carbocycles. The molecule has 5 heteroatoms. The van der Waals surface area contributed by atoms with Gasteiger partial charge in [-0.2, -0.15) is 0 Å². The van der Waals surface area contributed by atoms with E-state index in [9.17, 15) is 14.4 Å². The van der Waals surface area contributed by atoms with Crippen LogP contribution in [0.5, 0.6) is 0 Å². The molecule has 0 aliphatic heterocycles. The van der Waals surface area contributed by atoms with Gasteiger partial charge in [-0.25, -0.2) is 0 Å². The van der Waals surface area contributed by atoms with E-state index in [0.29, 0.717) is 0 Å². The fourth-order valence-electron chi connectivity index (χ4n) is 4.08. The zero-order valence-electron chi connectivity index (χ0n) is 18.2. The molecule has 3 nitrogen and oxygen atoms in total. The molecule has 0 bridgehead atoms. The molecule has 28 heavy (non-hydrogen) atoms. The van der Waals surface area contributed by atoms with Gasteiger partial charge in [0.25, 0.3) is 0 Å². The molecule has 2 atom stereocenters. The van der Waals surface area contributed by atoms with Gasteiger partial charge in [0.15, 0.2) is 0 Å². The first-order valence-corrected chi connectivity index (χ1v) is 12.8. The minimum absolute atomic E-state index is 0. The van der Waals surface area contributed by atoms with Crippen LogP contribution in [0.25, 0.3) is 0 Å². The number of benzene rings is 1. The fourth-order valence-corrected chi connectivity index (χ4v) is 5.61. The summed E-state index contributed by atoms with van der Waals surface area (Å²) >= 11 is 0. The van der Waals surface area contributed by atoms with Crippen molar-refractivity contribution in [3.63, 3.8) is 0 Å². The second kappa shape index (κ2) is 16.4. The molecule has 0 fully saturated rings. The Hall–Kier alpha value is 0.721. The van der Waals surface area contributed by atoms with E-state index in [1.165, 1.54) is 38.5 Å². The number of hydrogen-bond donors (Lipinski definition) is 2. The minimum Gasteiger partial charge on any atom is -0.324 e. The summed E-state index contributed by atoms with van der Waals surface area (Å²) in [5.74, 6) is 0.0426. The third kappa shape index (κ3) is 10.7. The Bertz CT molecular complexity index is 559. The summed E-state index contributed by atoms with van der Waals surface area (Å²) in [7, 11) is -4.20. The fraction of sp³-hybridized carbons (Fsp3) is 0.739. The van der Waals surface area contributed by atoms with E-state index >= 15 is 0 Å². The van der Waals surface area contributed by atoms with Crippen molar-refractivity contribution < 1.29 is 55.2 Å². The first-order valence-electron chi connectivity index (χ1n) is 11.1. The molecule has 160 valence electrons. The third-order valence-corrected chi connectivity index (χ3v) is 7.11. The van der Waals surface area contributed by atoms with Gasteiger partial charge in [0.05, 0.1) is 5.66 Å². The SMILES string of the molecule is CCCCCCCCCc1ccccc1C(C(CC)CCCC)P(=O)(O)O.[Nd]. The average Bonchev–Trinajstić information content (AvgIpc) is 2.64. The Kier molecular flexibility index (Phi) is 16.8. The molecule has 1 rings (SSSR count). The number of rotatable bonds is 15. The Morgan fingerprint density at radius 1 is 0.857 bits per heavy atom. The van der Waals surface area contributed by atoms with Crippen LogP contribution in [0.3, 0.4) is 0 Å². The molecule has 2 N–H and O–H groups in total. The Labute approximate surface area is 206 Å². The molecule has 0 aliphatic rings. The summed E-state index contributed by atoms with van der Waals surface area (Å²) < 4.78 is 12.4. The third-order valence-electron chi connectivity index (χ3n) is 5.69. The van der Waals surface area contributed by atoms with Crippen LogP contribution < -0.4 is 0 Å². The maximum absolute atomic E-state index is 12.4. The van der Waals surface area contributed by atoms with Crippen LogP contribution in [-0.4, -0.2) is 9.79 Å². The zero-order valence-corrected chi connectivity index (χ0v) is 22.3. The van der Waals surface area contributed by atoms with Gasteiger partial charge >= 0.3 is 7.60 Å². The molecule has 1 aromatic rings. The second-order valence-electron chi connectivity index (χ2n) is 7.91. The van der Waals surface area contributed by atoms with Crippen molar-refractivity contribution in [2.45, 2.75) is 103 Å². The van der Waals surface area contributed by atoms with Crippen molar-refractivity contribution >= 4 is 7.60 Å². The van der Waals surface area contributed by atoms with E-state index in [0.717, 1.165) is 49.7 Å². The van der Waals surface area contributed by atoms with Crippen molar-refractivity contribution in [1.82, 2.24) is 0 Å². The summed E-state index contributed by atoms with van der Waals surface area (Å²) in [5.41, 5.74) is 1.36. The van der Waals surface area contributed by atoms with Crippen LogP contribution in [-0.2, 0) is 11.0 Å². The maximum atomic E-state index is 12.4. The molecule has 0 aliphatic carbocycles. The Balaban J connectivity index is 0.00000729. The van der Waals surface area contributed by atoms with E-state index in [1.54, 1.807) is 0 Å². The zero-order chi connectivity index (χ0) is 20.1. The van der Waals surface area contributed by atoms with Crippen LogP contribution in [0.1, 0.15) is 108 Å². The van der Waals surface area contributed by atoms with Crippen molar-refractivity contribution in [2.75, 3.05) is 0 Å². The molecule has 2 unspecified atom stereocenters. The monoisotopic (exact) mass is 538 g/mol. The van der Waals surface area contributed by atoms with Gasteiger partial charge in [0, 0.05) is 40.8 Å². The van der Waals surface area contributed by atoms with Crippen molar-refractivity contribution in [1.29, 1.82) is 0 Å². The molecule has 1 aromatic carbocycles. The van der Waals surface area contributed by atoms with E-state index in [1.807, 2.05) is 18.2 Å². The smallest absolute Gasteiger partial charge is 0.324 e. The van der Waals surface area contributed by atoms with Crippen LogP contribution in [0, 0.1) is 46.8 Å². The van der Waals surface area contributed by atoms with Gasteiger partial charge < -0.3 is 9.79 Å². The summed E-state index contributed by atoms with van der Waals surface area (Å²) in [6.45, 7) is 6.42. The van der Waals surface area contributed by atoms with Gasteiger partial charge in [0.1, 0.15) is 0 Å².